The molecule has 2 aromatic carbocycles. The van der Waals surface area contributed by atoms with Gasteiger partial charge in [-0.1, -0.05) is 29.8 Å². The monoisotopic (exact) mass is 398 g/mol. The molecule has 134 valence electrons. The van der Waals surface area contributed by atoms with E-state index < -0.39 is 10.8 Å². The molecule has 0 aliphatic heterocycles. The van der Waals surface area contributed by atoms with Gasteiger partial charge in [0.05, 0.1) is 21.2 Å². The second kappa shape index (κ2) is 6.82. The molecule has 7 nitrogen and oxygen atoms in total. The Morgan fingerprint density at radius 2 is 2.07 bits per heavy atom. The van der Waals surface area contributed by atoms with E-state index in [1.54, 1.807) is 0 Å². The number of non-ortho nitro benzene ring substituents is 1. The Kier molecular flexibility index (Phi) is 4.35. The lowest BCUT2D eigenvalue weighted by Crippen LogP contribution is -2.12. The summed E-state index contributed by atoms with van der Waals surface area (Å²) in [6, 6.07) is 11.6. The number of nitro groups is 1. The van der Waals surface area contributed by atoms with Crippen LogP contribution in [0, 0.1) is 10.1 Å². The number of carbonyl (C=O) groups is 1. The first-order valence-electron chi connectivity index (χ1n) is 7.80. The van der Waals surface area contributed by atoms with E-state index in [1.807, 2.05) is 35.8 Å². The number of amides is 1. The van der Waals surface area contributed by atoms with Crippen LogP contribution in [0.5, 0.6) is 0 Å². The van der Waals surface area contributed by atoms with E-state index in [0.29, 0.717) is 5.13 Å². The molecule has 0 aliphatic rings. The quantitative estimate of drug-likeness (QED) is 0.368. The second-order valence-electron chi connectivity index (χ2n) is 5.66. The van der Waals surface area contributed by atoms with Crippen LogP contribution in [0.4, 0.5) is 10.8 Å². The molecule has 4 aromatic rings. The van der Waals surface area contributed by atoms with Gasteiger partial charge >= 0.3 is 0 Å². The predicted molar refractivity (Wildman–Crippen MR) is 105 cm³/mol. The molecule has 2 aromatic heterocycles. The fourth-order valence-electron chi connectivity index (χ4n) is 2.70. The smallest absolute Gasteiger partial charge is 0.270 e. The molecule has 0 aliphatic carbocycles. The van der Waals surface area contributed by atoms with Gasteiger partial charge in [0.15, 0.2) is 5.13 Å². The first-order valence-corrected chi connectivity index (χ1v) is 9.06. The van der Waals surface area contributed by atoms with E-state index in [2.05, 4.69) is 15.3 Å². The molecule has 0 unspecified atom stereocenters. The number of para-hydroxylation sites is 1. The van der Waals surface area contributed by atoms with Crippen molar-refractivity contribution in [2.75, 3.05) is 5.32 Å². The van der Waals surface area contributed by atoms with Gasteiger partial charge in [-0.3, -0.25) is 20.2 Å². The highest BCUT2D eigenvalue weighted by atomic mass is 35.5. The molecule has 0 spiro atoms. The Morgan fingerprint density at radius 3 is 2.85 bits per heavy atom. The Hall–Kier alpha value is -3.23. The number of H-pyrrole nitrogens is 1. The van der Waals surface area contributed by atoms with Crippen molar-refractivity contribution in [3.8, 4) is 11.3 Å². The third-order valence-electron chi connectivity index (χ3n) is 4.00. The zero-order chi connectivity index (χ0) is 19.0. The van der Waals surface area contributed by atoms with Crippen molar-refractivity contribution in [3.63, 3.8) is 0 Å². The minimum Gasteiger partial charge on any atom is -0.360 e. The summed E-state index contributed by atoms with van der Waals surface area (Å²) in [6.45, 7) is 0. The Bertz CT molecular complexity index is 1180. The van der Waals surface area contributed by atoms with Gasteiger partial charge in [-0.05, 0) is 12.1 Å². The number of benzene rings is 2. The number of hydrogen-bond donors (Lipinski definition) is 2. The van der Waals surface area contributed by atoms with Crippen molar-refractivity contribution >= 4 is 50.6 Å². The summed E-state index contributed by atoms with van der Waals surface area (Å²) < 4.78 is 0. The molecule has 0 radical (unpaired) electrons. The van der Waals surface area contributed by atoms with Crippen LogP contribution < -0.4 is 5.32 Å². The number of thiazole rings is 1. The van der Waals surface area contributed by atoms with E-state index in [4.69, 9.17) is 11.6 Å². The number of aromatic nitrogens is 2. The van der Waals surface area contributed by atoms with Crippen molar-refractivity contribution in [3.05, 3.63) is 74.7 Å². The van der Waals surface area contributed by atoms with Crippen LogP contribution in [-0.4, -0.2) is 20.8 Å². The van der Waals surface area contributed by atoms with E-state index in [1.165, 1.54) is 23.5 Å². The van der Waals surface area contributed by atoms with Gasteiger partial charge in [0.2, 0.25) is 0 Å². The van der Waals surface area contributed by atoms with Crippen LogP contribution in [0.1, 0.15) is 10.4 Å². The number of aromatic amines is 1. The normalized spacial score (nSPS) is 10.9. The molecule has 0 bridgehead atoms. The lowest BCUT2D eigenvalue weighted by atomic mass is 10.1. The van der Waals surface area contributed by atoms with Gasteiger partial charge in [0.1, 0.15) is 0 Å². The molecular formula is C18H11ClN4O3S. The lowest BCUT2D eigenvalue weighted by molar-refractivity contribution is -0.384. The molecule has 0 saturated heterocycles. The number of nitro benzene ring substituents is 1. The minimum atomic E-state index is -0.568. The van der Waals surface area contributed by atoms with Gasteiger partial charge in [0.25, 0.3) is 11.6 Å². The Labute approximate surface area is 161 Å². The lowest BCUT2D eigenvalue weighted by Gasteiger charge is -2.04. The Balaban J connectivity index is 1.58. The van der Waals surface area contributed by atoms with E-state index in [9.17, 15) is 14.9 Å². The Morgan fingerprint density at radius 1 is 1.26 bits per heavy atom. The first kappa shape index (κ1) is 17.2. The van der Waals surface area contributed by atoms with Crippen molar-refractivity contribution < 1.29 is 9.72 Å². The third kappa shape index (κ3) is 3.27. The van der Waals surface area contributed by atoms with Gasteiger partial charge < -0.3 is 4.98 Å². The standard InChI is InChI=1S/C18H11ClN4O3S/c19-14-7-10(23(25)26)5-6-12(14)17(24)22-18-21-16(9-27-18)13-8-20-15-4-2-1-3-11(13)15/h1-9,20H,(H,21,22,24). The largest absolute Gasteiger partial charge is 0.360 e. The summed E-state index contributed by atoms with van der Waals surface area (Å²) in [7, 11) is 0. The predicted octanol–water partition coefficient (Wildman–Crippen LogP) is 5.11. The summed E-state index contributed by atoms with van der Waals surface area (Å²) in [6.07, 6.45) is 1.87. The number of rotatable bonds is 4. The summed E-state index contributed by atoms with van der Waals surface area (Å²) in [5.41, 5.74) is 2.65. The SMILES string of the molecule is O=C(Nc1nc(-c2c[nH]c3ccccc23)cs1)c1ccc([N+](=O)[O-])cc1Cl. The number of nitrogens with one attached hydrogen (secondary N) is 2. The summed E-state index contributed by atoms with van der Waals surface area (Å²) >= 11 is 7.28. The average Bonchev–Trinajstić information content (AvgIpc) is 3.27. The highest BCUT2D eigenvalue weighted by molar-refractivity contribution is 7.14. The molecule has 2 heterocycles. The fourth-order valence-corrected chi connectivity index (χ4v) is 3.67. The molecule has 27 heavy (non-hydrogen) atoms. The number of halogens is 1. The zero-order valence-electron chi connectivity index (χ0n) is 13.6. The first-order chi connectivity index (χ1) is 13.0. The van der Waals surface area contributed by atoms with Crippen LogP contribution in [-0.2, 0) is 0 Å². The fraction of sp³-hybridized carbons (Fsp3) is 0. The summed E-state index contributed by atoms with van der Waals surface area (Å²) in [5, 5.41) is 16.8. The van der Waals surface area contributed by atoms with Crippen molar-refractivity contribution in [2.24, 2.45) is 0 Å². The number of fused-ring (bicyclic) bond motifs is 1. The van der Waals surface area contributed by atoms with Crippen LogP contribution in [0.3, 0.4) is 0 Å². The minimum absolute atomic E-state index is 0.00936. The van der Waals surface area contributed by atoms with Crippen molar-refractivity contribution in [1.82, 2.24) is 9.97 Å². The van der Waals surface area contributed by atoms with Crippen LogP contribution >= 0.6 is 22.9 Å². The summed E-state index contributed by atoms with van der Waals surface area (Å²) in [4.78, 5) is 30.3. The van der Waals surface area contributed by atoms with E-state index in [0.717, 1.165) is 28.2 Å². The van der Waals surface area contributed by atoms with Crippen LogP contribution in [0.2, 0.25) is 5.02 Å². The second-order valence-corrected chi connectivity index (χ2v) is 6.93. The number of anilines is 1. The van der Waals surface area contributed by atoms with Crippen LogP contribution in [0.15, 0.2) is 54.0 Å². The maximum absolute atomic E-state index is 12.4. The van der Waals surface area contributed by atoms with Gasteiger partial charge in [-0.25, -0.2) is 4.98 Å². The molecule has 0 fully saturated rings. The maximum Gasteiger partial charge on any atom is 0.270 e. The third-order valence-corrected chi connectivity index (χ3v) is 5.07. The van der Waals surface area contributed by atoms with Crippen LogP contribution in [0.25, 0.3) is 22.2 Å². The van der Waals surface area contributed by atoms with Gasteiger partial charge in [-0.15, -0.1) is 11.3 Å². The molecule has 9 heteroatoms. The molecular weight excluding hydrogens is 388 g/mol. The number of nitrogens with zero attached hydrogens (tertiary/aromatic N) is 2. The van der Waals surface area contributed by atoms with E-state index >= 15 is 0 Å². The molecule has 0 atom stereocenters. The zero-order valence-corrected chi connectivity index (χ0v) is 15.2. The van der Waals surface area contributed by atoms with Crippen molar-refractivity contribution in [2.45, 2.75) is 0 Å². The maximum atomic E-state index is 12.4. The molecule has 1 amide bonds. The van der Waals surface area contributed by atoms with Gasteiger partial charge in [0, 0.05) is 40.2 Å². The molecule has 2 N–H and O–H groups in total. The van der Waals surface area contributed by atoms with Gasteiger partial charge in [-0.2, -0.15) is 0 Å². The van der Waals surface area contributed by atoms with Crippen molar-refractivity contribution in [1.29, 1.82) is 0 Å². The number of hydrogen-bond acceptors (Lipinski definition) is 5. The molecule has 0 saturated carbocycles. The topological polar surface area (TPSA) is 101 Å². The number of carbonyl (C=O) groups excluding carboxylic acids is 1. The summed E-state index contributed by atoms with van der Waals surface area (Å²) in [5.74, 6) is -0.477. The molecule has 4 rings (SSSR count). The highest BCUT2D eigenvalue weighted by Gasteiger charge is 2.17. The van der Waals surface area contributed by atoms with E-state index in [-0.39, 0.29) is 16.3 Å². The average molecular weight is 399 g/mol. The highest BCUT2D eigenvalue weighted by Crippen LogP contribution is 2.31.